The van der Waals surface area contributed by atoms with Gasteiger partial charge >= 0.3 is 11.7 Å². The Morgan fingerprint density at radius 1 is 1.09 bits per heavy atom. The molecule has 4 rings (SSSR count). The SMILES string of the molecule is COc1ccc(NC(=O)c2nnc(COC(=O)c3ccc(-n4c(C)c[nH]c4=O)cc3)s2)cc1. The average Bonchev–Trinajstić information content (AvgIpc) is 3.44. The fourth-order valence-corrected chi connectivity index (χ4v) is 3.64. The highest BCUT2D eigenvalue weighted by Gasteiger charge is 2.15. The van der Waals surface area contributed by atoms with Crippen molar-refractivity contribution < 1.29 is 19.1 Å². The minimum absolute atomic E-state index is 0.121. The summed E-state index contributed by atoms with van der Waals surface area (Å²) in [6.07, 6.45) is 1.61. The molecule has 11 heteroatoms. The standard InChI is InChI=1S/C22H19N5O5S/c1-13-11-23-22(30)27(13)16-7-3-14(4-8-16)21(29)32-12-18-25-26-20(33-18)19(28)24-15-5-9-17(31-2)10-6-15/h3-11H,12H2,1-2H3,(H,23,30)(H,24,28). The molecule has 0 saturated heterocycles. The van der Waals surface area contributed by atoms with Gasteiger partial charge in [0.2, 0.25) is 5.01 Å². The molecule has 168 valence electrons. The number of hydrogen-bond donors (Lipinski definition) is 2. The molecule has 0 aliphatic carbocycles. The molecule has 33 heavy (non-hydrogen) atoms. The van der Waals surface area contributed by atoms with Crippen LogP contribution in [-0.2, 0) is 11.3 Å². The van der Waals surface area contributed by atoms with Gasteiger partial charge in [-0.2, -0.15) is 0 Å². The number of rotatable bonds is 7. The van der Waals surface area contributed by atoms with Crippen LogP contribution in [-0.4, -0.2) is 38.7 Å². The largest absolute Gasteiger partial charge is 0.497 e. The normalized spacial score (nSPS) is 10.6. The van der Waals surface area contributed by atoms with E-state index in [1.807, 2.05) is 0 Å². The van der Waals surface area contributed by atoms with Crippen LogP contribution in [0.5, 0.6) is 5.75 Å². The summed E-state index contributed by atoms with van der Waals surface area (Å²) in [7, 11) is 1.56. The van der Waals surface area contributed by atoms with Gasteiger partial charge in [-0.05, 0) is 55.5 Å². The number of anilines is 1. The predicted molar refractivity (Wildman–Crippen MR) is 121 cm³/mol. The van der Waals surface area contributed by atoms with Crippen molar-refractivity contribution in [2.45, 2.75) is 13.5 Å². The molecule has 0 fully saturated rings. The number of aromatic nitrogens is 4. The Hall–Kier alpha value is -4.25. The number of H-pyrrole nitrogens is 1. The Morgan fingerprint density at radius 3 is 2.45 bits per heavy atom. The number of nitrogens with zero attached hydrogens (tertiary/aromatic N) is 3. The third-order valence-electron chi connectivity index (χ3n) is 4.66. The number of benzene rings is 2. The Balaban J connectivity index is 1.34. The molecule has 0 spiro atoms. The number of carbonyl (C=O) groups is 2. The van der Waals surface area contributed by atoms with E-state index in [1.54, 1.807) is 68.8 Å². The molecular formula is C22H19N5O5S. The molecule has 0 unspecified atom stereocenters. The summed E-state index contributed by atoms with van der Waals surface area (Å²) in [5.74, 6) is -0.295. The molecule has 0 saturated carbocycles. The smallest absolute Gasteiger partial charge is 0.338 e. The monoisotopic (exact) mass is 465 g/mol. The molecule has 0 bridgehead atoms. The highest BCUT2D eigenvalue weighted by Crippen LogP contribution is 2.18. The number of aromatic amines is 1. The number of imidazole rings is 1. The highest BCUT2D eigenvalue weighted by molar-refractivity contribution is 7.13. The first-order valence-corrected chi connectivity index (χ1v) is 10.6. The Labute approximate surface area is 191 Å². The number of hydrogen-bond acceptors (Lipinski definition) is 8. The Bertz CT molecular complexity index is 1340. The average molecular weight is 465 g/mol. The molecule has 1 amide bonds. The molecule has 0 aliphatic rings. The van der Waals surface area contributed by atoms with Crippen molar-refractivity contribution in [3.05, 3.63) is 86.5 Å². The van der Waals surface area contributed by atoms with Crippen LogP contribution in [0.4, 0.5) is 5.69 Å². The summed E-state index contributed by atoms with van der Waals surface area (Å²) >= 11 is 1.03. The second-order valence-electron chi connectivity index (χ2n) is 6.88. The summed E-state index contributed by atoms with van der Waals surface area (Å²) < 4.78 is 11.9. The van der Waals surface area contributed by atoms with Crippen molar-refractivity contribution in [2.24, 2.45) is 0 Å². The number of esters is 1. The third kappa shape index (κ3) is 4.99. The van der Waals surface area contributed by atoms with Gasteiger partial charge in [-0.25, -0.2) is 9.59 Å². The first kappa shape index (κ1) is 22.0. The van der Waals surface area contributed by atoms with Crippen LogP contribution in [0.3, 0.4) is 0 Å². The zero-order chi connectivity index (χ0) is 23.4. The van der Waals surface area contributed by atoms with Crippen molar-refractivity contribution in [1.29, 1.82) is 0 Å². The quantitative estimate of drug-likeness (QED) is 0.402. The molecule has 10 nitrogen and oxygen atoms in total. The summed E-state index contributed by atoms with van der Waals surface area (Å²) in [5, 5.41) is 11.0. The zero-order valence-corrected chi connectivity index (χ0v) is 18.5. The molecule has 2 aromatic carbocycles. The lowest BCUT2D eigenvalue weighted by atomic mass is 10.2. The number of methoxy groups -OCH3 is 1. The number of ether oxygens (including phenoxy) is 2. The van der Waals surface area contributed by atoms with Crippen molar-refractivity contribution in [1.82, 2.24) is 19.7 Å². The maximum Gasteiger partial charge on any atom is 0.338 e. The van der Waals surface area contributed by atoms with E-state index in [-0.39, 0.29) is 17.3 Å². The van der Waals surface area contributed by atoms with Crippen molar-refractivity contribution in [3.63, 3.8) is 0 Å². The maximum absolute atomic E-state index is 12.4. The summed E-state index contributed by atoms with van der Waals surface area (Å²) in [4.78, 5) is 39.2. The van der Waals surface area contributed by atoms with Crippen molar-refractivity contribution in [3.8, 4) is 11.4 Å². The fourth-order valence-electron chi connectivity index (χ4n) is 3.00. The van der Waals surface area contributed by atoms with Crippen LogP contribution in [0, 0.1) is 6.92 Å². The minimum atomic E-state index is -0.556. The molecule has 2 N–H and O–H groups in total. The topological polar surface area (TPSA) is 128 Å². The van der Waals surface area contributed by atoms with Crippen molar-refractivity contribution >= 4 is 28.9 Å². The lowest BCUT2D eigenvalue weighted by Crippen LogP contribution is -2.16. The molecule has 2 aromatic heterocycles. The van der Waals surface area contributed by atoms with E-state index in [0.29, 0.717) is 27.7 Å². The van der Waals surface area contributed by atoms with E-state index >= 15 is 0 Å². The summed E-state index contributed by atoms with van der Waals surface area (Å²) in [6, 6.07) is 13.3. The summed E-state index contributed by atoms with van der Waals surface area (Å²) in [5.41, 5.74) is 2.03. The van der Waals surface area contributed by atoms with Gasteiger partial charge in [0.25, 0.3) is 5.91 Å². The van der Waals surface area contributed by atoms with Gasteiger partial charge in [0.05, 0.1) is 18.4 Å². The van der Waals surface area contributed by atoms with Gasteiger partial charge in [-0.15, -0.1) is 10.2 Å². The summed E-state index contributed by atoms with van der Waals surface area (Å²) in [6.45, 7) is 1.68. The van der Waals surface area contributed by atoms with Crippen molar-refractivity contribution in [2.75, 3.05) is 12.4 Å². The second kappa shape index (κ2) is 9.49. The fraction of sp³-hybridized carbons (Fsp3) is 0.136. The van der Waals surface area contributed by atoms with Gasteiger partial charge in [-0.3, -0.25) is 9.36 Å². The first-order chi connectivity index (χ1) is 15.9. The van der Waals surface area contributed by atoms with Crippen LogP contribution >= 0.6 is 11.3 Å². The first-order valence-electron chi connectivity index (χ1n) is 9.77. The van der Waals surface area contributed by atoms with Crippen LogP contribution in [0.15, 0.2) is 59.5 Å². The number of aryl methyl sites for hydroxylation is 1. The Morgan fingerprint density at radius 2 is 1.82 bits per heavy atom. The maximum atomic E-state index is 12.4. The highest BCUT2D eigenvalue weighted by atomic mass is 32.1. The minimum Gasteiger partial charge on any atom is -0.497 e. The number of nitrogens with one attached hydrogen (secondary N) is 2. The molecule has 4 aromatic rings. The van der Waals surface area contributed by atoms with Gasteiger partial charge in [0, 0.05) is 17.6 Å². The molecule has 0 atom stereocenters. The lowest BCUT2D eigenvalue weighted by Gasteiger charge is -2.06. The van der Waals surface area contributed by atoms with Gasteiger partial charge in [-0.1, -0.05) is 11.3 Å². The Kier molecular flexibility index (Phi) is 6.31. The lowest BCUT2D eigenvalue weighted by molar-refractivity contribution is 0.0471. The van der Waals surface area contributed by atoms with Crippen LogP contribution in [0.1, 0.15) is 30.9 Å². The molecule has 0 aliphatic heterocycles. The van der Waals surface area contributed by atoms with Gasteiger partial charge in [0.15, 0.2) is 5.01 Å². The van der Waals surface area contributed by atoms with E-state index in [0.717, 1.165) is 17.0 Å². The van der Waals surface area contributed by atoms with Crippen LogP contribution < -0.4 is 15.7 Å². The zero-order valence-electron chi connectivity index (χ0n) is 17.7. The third-order valence-corrected chi connectivity index (χ3v) is 5.55. The predicted octanol–water partition coefficient (Wildman–Crippen LogP) is 2.94. The number of carbonyl (C=O) groups excluding carboxylic acids is 2. The van der Waals surface area contributed by atoms with Crippen LogP contribution in [0.2, 0.25) is 0 Å². The van der Waals surface area contributed by atoms with Crippen LogP contribution in [0.25, 0.3) is 5.69 Å². The van der Waals surface area contributed by atoms with Gasteiger partial charge in [0.1, 0.15) is 12.4 Å². The van der Waals surface area contributed by atoms with E-state index in [2.05, 4.69) is 20.5 Å². The second-order valence-corrected chi connectivity index (χ2v) is 7.94. The number of amides is 1. The van der Waals surface area contributed by atoms with E-state index in [1.165, 1.54) is 4.57 Å². The van der Waals surface area contributed by atoms with E-state index < -0.39 is 11.9 Å². The molecular weight excluding hydrogens is 446 g/mol. The van der Waals surface area contributed by atoms with E-state index in [9.17, 15) is 14.4 Å². The molecule has 2 heterocycles. The van der Waals surface area contributed by atoms with Gasteiger partial charge < -0.3 is 19.8 Å². The van der Waals surface area contributed by atoms with E-state index in [4.69, 9.17) is 9.47 Å². The molecule has 0 radical (unpaired) electrons.